The predicted molar refractivity (Wildman–Crippen MR) is 116 cm³/mol. The number of aromatic nitrogens is 1. The summed E-state index contributed by atoms with van der Waals surface area (Å²) in [7, 11) is -1.73. The number of esters is 1. The van der Waals surface area contributed by atoms with Crippen molar-refractivity contribution in [3.63, 3.8) is 0 Å². The summed E-state index contributed by atoms with van der Waals surface area (Å²) in [6.45, 7) is 14.4. The molecule has 2 aromatic rings. The van der Waals surface area contributed by atoms with Crippen molar-refractivity contribution in [3.8, 4) is 0 Å². The van der Waals surface area contributed by atoms with Crippen LogP contribution in [0.15, 0.2) is 54.9 Å². The predicted octanol–water partition coefficient (Wildman–Crippen LogP) is 6.27. The molecule has 27 heavy (non-hydrogen) atoms. The van der Waals surface area contributed by atoms with Gasteiger partial charge in [-0.05, 0) is 46.1 Å². The van der Waals surface area contributed by atoms with Crippen LogP contribution in [0.25, 0.3) is 6.08 Å². The third kappa shape index (κ3) is 4.81. The zero-order valence-electron chi connectivity index (χ0n) is 17.5. The van der Waals surface area contributed by atoms with Crippen molar-refractivity contribution < 1.29 is 9.53 Å². The van der Waals surface area contributed by atoms with Crippen LogP contribution < -0.4 is 0 Å². The molecule has 0 spiro atoms. The highest BCUT2D eigenvalue weighted by Gasteiger charge is 2.44. The quantitative estimate of drug-likeness (QED) is 0.306. The van der Waals surface area contributed by atoms with Crippen molar-refractivity contribution >= 4 is 20.3 Å². The van der Waals surface area contributed by atoms with Crippen LogP contribution in [0.4, 0.5) is 0 Å². The topological polar surface area (TPSA) is 31.2 Å². The standard InChI is InChI=1S/C23H33NO2Si/c1-18(2)27(19(3)4,20(5)6)24-15-14-21(16-24)12-13-23(25)26-17-22-10-8-7-9-11-22/h7-16,18-20H,17H2,1-6H3/b13-12+. The first-order valence-corrected chi connectivity index (χ1v) is 12.0. The summed E-state index contributed by atoms with van der Waals surface area (Å²) in [6, 6.07) is 11.8. The minimum atomic E-state index is -1.73. The van der Waals surface area contributed by atoms with Crippen molar-refractivity contribution in [1.29, 1.82) is 0 Å². The Morgan fingerprint density at radius 1 is 1.00 bits per heavy atom. The van der Waals surface area contributed by atoms with Gasteiger partial charge in [-0.2, -0.15) is 0 Å². The second-order valence-electron chi connectivity index (χ2n) is 8.13. The molecule has 0 saturated carbocycles. The first-order valence-electron chi connectivity index (χ1n) is 9.85. The highest BCUT2D eigenvalue weighted by Crippen LogP contribution is 2.42. The van der Waals surface area contributed by atoms with E-state index in [2.05, 4.69) is 64.2 Å². The van der Waals surface area contributed by atoms with E-state index in [0.29, 0.717) is 23.2 Å². The number of benzene rings is 1. The summed E-state index contributed by atoms with van der Waals surface area (Å²) in [5.41, 5.74) is 3.95. The van der Waals surface area contributed by atoms with Crippen molar-refractivity contribution in [1.82, 2.24) is 4.23 Å². The summed E-state index contributed by atoms with van der Waals surface area (Å²) >= 11 is 0. The van der Waals surface area contributed by atoms with E-state index in [0.717, 1.165) is 11.1 Å². The zero-order chi connectivity index (χ0) is 20.0. The minimum Gasteiger partial charge on any atom is -0.458 e. The van der Waals surface area contributed by atoms with Gasteiger partial charge < -0.3 is 8.97 Å². The Kier molecular flexibility index (Phi) is 7.25. The second-order valence-corrected chi connectivity index (χ2v) is 13.9. The smallest absolute Gasteiger partial charge is 0.331 e. The Morgan fingerprint density at radius 3 is 2.15 bits per heavy atom. The van der Waals surface area contributed by atoms with Crippen LogP contribution in [0.3, 0.4) is 0 Å². The first kappa shape index (κ1) is 21.2. The van der Waals surface area contributed by atoms with Crippen molar-refractivity contribution in [2.24, 2.45) is 0 Å². The Hall–Kier alpha value is -2.07. The van der Waals surface area contributed by atoms with E-state index in [4.69, 9.17) is 4.74 Å². The molecule has 1 aromatic carbocycles. The molecule has 0 aliphatic rings. The monoisotopic (exact) mass is 383 g/mol. The van der Waals surface area contributed by atoms with Gasteiger partial charge in [0.1, 0.15) is 6.61 Å². The van der Waals surface area contributed by atoms with Crippen molar-refractivity contribution in [2.75, 3.05) is 0 Å². The molecule has 0 bridgehead atoms. The molecule has 0 aliphatic heterocycles. The van der Waals surface area contributed by atoms with Crippen LogP contribution in [0.2, 0.25) is 16.6 Å². The highest BCUT2D eigenvalue weighted by molar-refractivity contribution is 6.82. The zero-order valence-corrected chi connectivity index (χ0v) is 18.5. The average molecular weight is 384 g/mol. The molecule has 0 atom stereocenters. The fourth-order valence-electron chi connectivity index (χ4n) is 4.59. The van der Waals surface area contributed by atoms with E-state index >= 15 is 0 Å². The summed E-state index contributed by atoms with van der Waals surface area (Å²) in [6.07, 6.45) is 7.77. The highest BCUT2D eigenvalue weighted by atomic mass is 28.3. The van der Waals surface area contributed by atoms with E-state index in [9.17, 15) is 4.79 Å². The van der Waals surface area contributed by atoms with Gasteiger partial charge in [-0.1, -0.05) is 71.9 Å². The molecule has 4 heteroatoms. The van der Waals surface area contributed by atoms with E-state index in [-0.39, 0.29) is 5.97 Å². The number of ether oxygens (including phenoxy) is 1. The SMILES string of the molecule is CC(C)[Si](C(C)C)(C(C)C)n1ccc(/C=C/C(=O)OCc2ccccc2)c1. The molecule has 0 N–H and O–H groups in total. The molecule has 0 saturated heterocycles. The van der Waals surface area contributed by atoms with Crippen molar-refractivity contribution in [2.45, 2.75) is 64.8 Å². The fraction of sp³-hybridized carbons (Fsp3) is 0.435. The third-order valence-electron chi connectivity index (χ3n) is 5.57. The average Bonchev–Trinajstić information content (AvgIpc) is 3.07. The van der Waals surface area contributed by atoms with Gasteiger partial charge in [0.15, 0.2) is 8.24 Å². The number of rotatable bonds is 8. The molecule has 146 valence electrons. The Labute approximate surface area is 165 Å². The molecule has 2 rings (SSSR count). The normalized spacial score (nSPS) is 12.5. The summed E-state index contributed by atoms with van der Waals surface area (Å²) in [4.78, 5) is 12.0. The van der Waals surface area contributed by atoms with Gasteiger partial charge in [-0.3, -0.25) is 0 Å². The van der Waals surface area contributed by atoms with E-state index in [1.165, 1.54) is 6.08 Å². The molecule has 1 aromatic heterocycles. The van der Waals surface area contributed by atoms with Gasteiger partial charge in [-0.15, -0.1) is 0 Å². The lowest BCUT2D eigenvalue weighted by molar-refractivity contribution is -0.138. The largest absolute Gasteiger partial charge is 0.458 e. The van der Waals surface area contributed by atoms with Crippen LogP contribution in [0, 0.1) is 0 Å². The molecule has 0 amide bonds. The minimum absolute atomic E-state index is 0.301. The third-order valence-corrected chi connectivity index (χ3v) is 12.3. The molecule has 0 aliphatic carbocycles. The lowest BCUT2D eigenvalue weighted by Crippen LogP contribution is -2.51. The summed E-state index contributed by atoms with van der Waals surface area (Å²) in [5, 5.41) is 0. The van der Waals surface area contributed by atoms with Crippen molar-refractivity contribution in [3.05, 3.63) is 66.0 Å². The van der Waals surface area contributed by atoms with Crippen LogP contribution in [0.1, 0.15) is 52.7 Å². The molecular formula is C23H33NO2Si. The lowest BCUT2D eigenvalue weighted by atomic mass is 10.2. The van der Waals surface area contributed by atoms with E-state index in [1.807, 2.05) is 36.4 Å². The van der Waals surface area contributed by atoms with Crippen LogP contribution in [0.5, 0.6) is 0 Å². The molecule has 3 nitrogen and oxygen atoms in total. The van der Waals surface area contributed by atoms with Gasteiger partial charge in [0.2, 0.25) is 0 Å². The number of carbonyl (C=O) groups is 1. The van der Waals surface area contributed by atoms with Crippen LogP contribution in [-0.2, 0) is 16.1 Å². The molecule has 0 radical (unpaired) electrons. The second kappa shape index (κ2) is 9.22. The van der Waals surface area contributed by atoms with Gasteiger partial charge in [0.05, 0.1) is 0 Å². The first-order chi connectivity index (χ1) is 12.8. The maximum atomic E-state index is 12.0. The van der Waals surface area contributed by atoms with Gasteiger partial charge in [0, 0.05) is 12.3 Å². The Balaban J connectivity index is 2.10. The Morgan fingerprint density at radius 2 is 1.59 bits per heavy atom. The van der Waals surface area contributed by atoms with Crippen LogP contribution >= 0.6 is 0 Å². The number of carbonyl (C=O) groups excluding carboxylic acids is 1. The Bertz CT molecular complexity index is 738. The molecule has 0 fully saturated rings. The maximum absolute atomic E-state index is 12.0. The summed E-state index contributed by atoms with van der Waals surface area (Å²) < 4.78 is 7.79. The number of nitrogens with zero attached hydrogens (tertiary/aromatic N) is 1. The fourth-order valence-corrected chi connectivity index (χ4v) is 11.1. The lowest BCUT2D eigenvalue weighted by Gasteiger charge is -2.44. The number of hydrogen-bond acceptors (Lipinski definition) is 2. The van der Waals surface area contributed by atoms with Crippen LogP contribution in [-0.4, -0.2) is 18.4 Å². The molecule has 1 heterocycles. The summed E-state index contributed by atoms with van der Waals surface area (Å²) in [5.74, 6) is -0.313. The van der Waals surface area contributed by atoms with E-state index in [1.54, 1.807) is 0 Å². The molecule has 0 unspecified atom stereocenters. The van der Waals surface area contributed by atoms with Gasteiger partial charge >= 0.3 is 5.97 Å². The van der Waals surface area contributed by atoms with Gasteiger partial charge in [0.25, 0.3) is 0 Å². The van der Waals surface area contributed by atoms with Gasteiger partial charge in [-0.25, -0.2) is 4.79 Å². The number of hydrogen-bond donors (Lipinski definition) is 0. The molecular weight excluding hydrogens is 350 g/mol. The van der Waals surface area contributed by atoms with E-state index < -0.39 is 8.24 Å². The maximum Gasteiger partial charge on any atom is 0.331 e.